The molecule has 2 aromatic rings. The van der Waals surface area contributed by atoms with Gasteiger partial charge in [-0.15, -0.1) is 0 Å². The lowest BCUT2D eigenvalue weighted by atomic mass is 9.96. The highest BCUT2D eigenvalue weighted by Gasteiger charge is 2.15. The Labute approximate surface area is 135 Å². The van der Waals surface area contributed by atoms with E-state index in [9.17, 15) is 4.39 Å². The van der Waals surface area contributed by atoms with E-state index in [0.29, 0.717) is 12.5 Å². The minimum Gasteiger partial charge on any atom is -0.306 e. The summed E-state index contributed by atoms with van der Waals surface area (Å²) in [4.78, 5) is 0. The van der Waals surface area contributed by atoms with Gasteiger partial charge in [-0.1, -0.05) is 55.2 Å². The number of nitrogens with one attached hydrogen (secondary N) is 1. The van der Waals surface area contributed by atoms with Crippen LogP contribution in [0.1, 0.15) is 31.0 Å². The van der Waals surface area contributed by atoms with Crippen molar-refractivity contribution < 1.29 is 4.39 Å². The van der Waals surface area contributed by atoms with Crippen LogP contribution in [0.15, 0.2) is 42.5 Å². The van der Waals surface area contributed by atoms with E-state index in [1.54, 1.807) is 12.1 Å². The minimum absolute atomic E-state index is 0.155. The molecule has 0 amide bonds. The van der Waals surface area contributed by atoms with Crippen LogP contribution in [0.3, 0.4) is 0 Å². The number of hydrogen-bond acceptors (Lipinski definition) is 1. The van der Waals surface area contributed by atoms with E-state index in [1.807, 2.05) is 24.3 Å². The van der Waals surface area contributed by atoms with Crippen molar-refractivity contribution in [2.24, 2.45) is 5.92 Å². The lowest BCUT2D eigenvalue weighted by molar-refractivity contribution is 0.410. The third-order valence-corrected chi connectivity index (χ3v) is 3.95. The van der Waals surface area contributed by atoms with Crippen LogP contribution in [0.25, 0.3) is 0 Å². The summed E-state index contributed by atoms with van der Waals surface area (Å²) in [5.74, 6) is 0.0284. The Bertz CT molecular complexity index is 596. The Hall–Kier alpha value is -1.09. The highest BCUT2D eigenvalue weighted by molar-refractivity contribution is 6.31. The molecule has 0 spiro atoms. The molecule has 0 saturated carbocycles. The molecule has 2 aromatic carbocycles. The second kappa shape index (κ2) is 7.26. The van der Waals surface area contributed by atoms with Crippen LogP contribution in [0.5, 0.6) is 0 Å². The lowest BCUT2D eigenvalue weighted by Crippen LogP contribution is -2.25. The van der Waals surface area contributed by atoms with Crippen LogP contribution in [0.4, 0.5) is 4.39 Å². The van der Waals surface area contributed by atoms with Gasteiger partial charge >= 0.3 is 0 Å². The summed E-state index contributed by atoms with van der Waals surface area (Å²) < 4.78 is 13.2. The molecule has 0 aliphatic heterocycles. The average molecular weight is 326 g/mol. The van der Waals surface area contributed by atoms with E-state index in [2.05, 4.69) is 19.2 Å². The second-order valence-corrected chi connectivity index (χ2v) is 6.25. The summed E-state index contributed by atoms with van der Waals surface area (Å²) in [6.07, 6.45) is 0. The van der Waals surface area contributed by atoms with Crippen LogP contribution >= 0.6 is 23.2 Å². The maximum absolute atomic E-state index is 13.2. The summed E-state index contributed by atoms with van der Waals surface area (Å²) >= 11 is 11.7. The fourth-order valence-electron chi connectivity index (χ4n) is 2.29. The third-order valence-electron chi connectivity index (χ3n) is 3.41. The van der Waals surface area contributed by atoms with Crippen molar-refractivity contribution in [1.82, 2.24) is 5.32 Å². The van der Waals surface area contributed by atoms with Crippen molar-refractivity contribution in [2.75, 3.05) is 0 Å². The SMILES string of the molecule is CC(C)C(NCc1ccc(F)c(Cl)c1)c1ccc(Cl)cc1. The van der Waals surface area contributed by atoms with Crippen molar-refractivity contribution in [3.63, 3.8) is 0 Å². The predicted octanol–water partition coefficient (Wildman–Crippen LogP) is 5.62. The predicted molar refractivity (Wildman–Crippen MR) is 87.3 cm³/mol. The van der Waals surface area contributed by atoms with E-state index < -0.39 is 5.82 Å². The van der Waals surface area contributed by atoms with Gasteiger partial charge in [-0.05, 0) is 41.3 Å². The largest absolute Gasteiger partial charge is 0.306 e. The highest BCUT2D eigenvalue weighted by Crippen LogP contribution is 2.24. The molecule has 0 aliphatic rings. The first-order chi connectivity index (χ1) is 9.97. The quantitative estimate of drug-likeness (QED) is 0.752. The summed E-state index contributed by atoms with van der Waals surface area (Å²) in [6, 6.07) is 12.8. The van der Waals surface area contributed by atoms with Crippen LogP contribution in [-0.4, -0.2) is 0 Å². The molecule has 0 fully saturated rings. The molecule has 2 rings (SSSR count). The Morgan fingerprint density at radius 3 is 2.29 bits per heavy atom. The fraction of sp³-hybridized carbons (Fsp3) is 0.294. The standard InChI is InChI=1S/C17H18Cl2FN/c1-11(2)17(13-4-6-14(18)7-5-13)21-10-12-3-8-16(20)15(19)9-12/h3-9,11,17,21H,10H2,1-2H3. The molecule has 0 bridgehead atoms. The number of halogens is 3. The molecule has 0 heterocycles. The van der Waals surface area contributed by atoms with E-state index in [1.165, 1.54) is 11.6 Å². The summed E-state index contributed by atoms with van der Waals surface area (Å²) in [7, 11) is 0. The minimum atomic E-state index is -0.390. The van der Waals surface area contributed by atoms with Gasteiger partial charge < -0.3 is 5.32 Å². The molecule has 0 radical (unpaired) electrons. The van der Waals surface area contributed by atoms with Crippen LogP contribution in [0, 0.1) is 11.7 Å². The average Bonchev–Trinajstić information content (AvgIpc) is 2.44. The topological polar surface area (TPSA) is 12.0 Å². The fourth-order valence-corrected chi connectivity index (χ4v) is 2.62. The highest BCUT2D eigenvalue weighted by atomic mass is 35.5. The Kier molecular flexibility index (Phi) is 5.63. The van der Waals surface area contributed by atoms with Gasteiger partial charge in [0.15, 0.2) is 0 Å². The zero-order chi connectivity index (χ0) is 15.4. The Morgan fingerprint density at radius 1 is 1.05 bits per heavy atom. The normalized spacial score (nSPS) is 12.7. The van der Waals surface area contributed by atoms with Crippen molar-refractivity contribution in [3.05, 3.63) is 69.5 Å². The van der Waals surface area contributed by atoms with Gasteiger partial charge in [0.25, 0.3) is 0 Å². The molecule has 4 heteroatoms. The molecular formula is C17H18Cl2FN. The molecular weight excluding hydrogens is 308 g/mol. The van der Waals surface area contributed by atoms with Gasteiger partial charge in [0.2, 0.25) is 0 Å². The molecule has 1 atom stereocenters. The van der Waals surface area contributed by atoms with Crippen LogP contribution in [-0.2, 0) is 6.54 Å². The van der Waals surface area contributed by atoms with Gasteiger partial charge in [0.1, 0.15) is 5.82 Å². The maximum Gasteiger partial charge on any atom is 0.141 e. The molecule has 1 unspecified atom stereocenters. The summed E-state index contributed by atoms with van der Waals surface area (Å²) in [5.41, 5.74) is 2.14. The third kappa shape index (κ3) is 4.44. The van der Waals surface area contributed by atoms with E-state index in [0.717, 1.165) is 10.6 Å². The number of benzene rings is 2. The molecule has 21 heavy (non-hydrogen) atoms. The van der Waals surface area contributed by atoms with Crippen molar-refractivity contribution in [2.45, 2.75) is 26.4 Å². The first-order valence-electron chi connectivity index (χ1n) is 6.90. The van der Waals surface area contributed by atoms with Crippen molar-refractivity contribution in [3.8, 4) is 0 Å². The van der Waals surface area contributed by atoms with Crippen LogP contribution in [0.2, 0.25) is 10.0 Å². The van der Waals surface area contributed by atoms with E-state index >= 15 is 0 Å². The summed E-state index contributed by atoms with van der Waals surface area (Å²) in [5, 5.41) is 4.38. The first-order valence-corrected chi connectivity index (χ1v) is 7.65. The van der Waals surface area contributed by atoms with Gasteiger partial charge in [0, 0.05) is 17.6 Å². The van der Waals surface area contributed by atoms with Crippen LogP contribution < -0.4 is 5.32 Å². The number of rotatable bonds is 5. The monoisotopic (exact) mass is 325 g/mol. The molecule has 0 saturated heterocycles. The van der Waals surface area contributed by atoms with Gasteiger partial charge in [-0.3, -0.25) is 0 Å². The Balaban J connectivity index is 2.09. The van der Waals surface area contributed by atoms with E-state index in [4.69, 9.17) is 23.2 Å². The first kappa shape index (κ1) is 16.3. The lowest BCUT2D eigenvalue weighted by Gasteiger charge is -2.23. The van der Waals surface area contributed by atoms with Gasteiger partial charge in [-0.2, -0.15) is 0 Å². The second-order valence-electron chi connectivity index (χ2n) is 5.40. The molecule has 112 valence electrons. The molecule has 1 N–H and O–H groups in total. The summed E-state index contributed by atoms with van der Waals surface area (Å²) in [6.45, 7) is 4.94. The van der Waals surface area contributed by atoms with Crippen molar-refractivity contribution >= 4 is 23.2 Å². The zero-order valence-electron chi connectivity index (χ0n) is 12.0. The Morgan fingerprint density at radius 2 is 1.71 bits per heavy atom. The van der Waals surface area contributed by atoms with Gasteiger partial charge in [-0.25, -0.2) is 4.39 Å². The number of hydrogen-bond donors (Lipinski definition) is 1. The maximum atomic E-state index is 13.2. The van der Waals surface area contributed by atoms with E-state index in [-0.39, 0.29) is 11.1 Å². The molecule has 0 aromatic heterocycles. The molecule has 0 aliphatic carbocycles. The van der Waals surface area contributed by atoms with Gasteiger partial charge in [0.05, 0.1) is 5.02 Å². The molecule has 1 nitrogen and oxygen atoms in total. The van der Waals surface area contributed by atoms with Crippen molar-refractivity contribution in [1.29, 1.82) is 0 Å². The smallest absolute Gasteiger partial charge is 0.141 e. The zero-order valence-corrected chi connectivity index (χ0v) is 13.5.